The smallest absolute Gasteiger partial charge is 0.222 e. The Balaban J connectivity index is 1.37. The Bertz CT molecular complexity index is 982. The Morgan fingerprint density at radius 3 is 2.77 bits per heavy atom. The van der Waals surface area contributed by atoms with Gasteiger partial charge in [0.1, 0.15) is 0 Å². The van der Waals surface area contributed by atoms with Crippen molar-refractivity contribution in [3.05, 3.63) is 76.6 Å². The number of nitrogens with one attached hydrogen (secondary N) is 1. The van der Waals surface area contributed by atoms with E-state index in [1.807, 2.05) is 18.2 Å². The van der Waals surface area contributed by atoms with Crippen molar-refractivity contribution < 1.29 is 9.94 Å². The van der Waals surface area contributed by atoms with Crippen LogP contribution in [0.25, 0.3) is 0 Å². The predicted octanol–water partition coefficient (Wildman–Crippen LogP) is 4.48. The molecule has 156 valence electrons. The average molecular weight is 405 g/mol. The third kappa shape index (κ3) is 4.60. The molecule has 2 unspecified atom stereocenters. The number of hydrogen-bond acceptors (Lipinski definition) is 6. The summed E-state index contributed by atoms with van der Waals surface area (Å²) in [6, 6.07) is 10.3. The van der Waals surface area contributed by atoms with Crippen molar-refractivity contribution in [3.8, 4) is 0 Å². The second-order valence-electron chi connectivity index (χ2n) is 7.93. The lowest BCUT2D eigenvalue weighted by molar-refractivity contribution is 0.0939. The third-order valence-corrected chi connectivity index (χ3v) is 5.88. The lowest BCUT2D eigenvalue weighted by Gasteiger charge is -2.25. The molecule has 0 spiro atoms. The lowest BCUT2D eigenvalue weighted by atomic mass is 9.82. The Labute approximate surface area is 177 Å². The molecule has 2 aromatic rings. The fraction of sp³-hybridized carbons (Fsp3) is 0.375. The van der Waals surface area contributed by atoms with Crippen LogP contribution in [-0.2, 0) is 11.2 Å². The van der Waals surface area contributed by atoms with Crippen LogP contribution in [0, 0.1) is 0 Å². The van der Waals surface area contributed by atoms with E-state index in [4.69, 9.17) is 9.72 Å². The second kappa shape index (κ2) is 9.22. The quantitative estimate of drug-likeness (QED) is 0.422. The highest BCUT2D eigenvalue weighted by atomic mass is 16.5. The highest BCUT2D eigenvalue weighted by Gasteiger charge is 2.27. The summed E-state index contributed by atoms with van der Waals surface area (Å²) in [5.74, 6) is 0.822. The maximum absolute atomic E-state index is 9.50. The van der Waals surface area contributed by atoms with Gasteiger partial charge in [-0.2, -0.15) is 0 Å². The largest absolute Gasteiger partial charge is 0.411 e. The molecule has 0 bridgehead atoms. The Morgan fingerprint density at radius 1 is 1.17 bits per heavy atom. The van der Waals surface area contributed by atoms with Crippen molar-refractivity contribution in [2.24, 2.45) is 5.16 Å². The van der Waals surface area contributed by atoms with Gasteiger partial charge in [0.2, 0.25) is 5.95 Å². The van der Waals surface area contributed by atoms with Crippen LogP contribution in [-0.4, -0.2) is 40.1 Å². The van der Waals surface area contributed by atoms with Crippen LogP contribution in [0.5, 0.6) is 0 Å². The van der Waals surface area contributed by atoms with Crippen molar-refractivity contribution in [3.63, 3.8) is 0 Å². The van der Waals surface area contributed by atoms with Gasteiger partial charge >= 0.3 is 0 Å². The fourth-order valence-electron chi connectivity index (χ4n) is 4.03. The van der Waals surface area contributed by atoms with Crippen molar-refractivity contribution >= 4 is 11.7 Å². The second-order valence-corrected chi connectivity index (χ2v) is 7.93. The molecule has 4 rings (SSSR count). The van der Waals surface area contributed by atoms with E-state index < -0.39 is 0 Å². The molecule has 0 aliphatic heterocycles. The molecule has 0 radical (unpaired) electrons. The number of oxime groups is 1. The van der Waals surface area contributed by atoms with Crippen LogP contribution < -0.4 is 5.32 Å². The van der Waals surface area contributed by atoms with Gasteiger partial charge < -0.3 is 15.3 Å². The summed E-state index contributed by atoms with van der Waals surface area (Å²) in [6.07, 6.45) is 8.69. The van der Waals surface area contributed by atoms with Crippen LogP contribution >= 0.6 is 0 Å². The molecule has 2 atom stereocenters. The first-order valence-corrected chi connectivity index (χ1v) is 10.5. The highest BCUT2D eigenvalue weighted by molar-refractivity contribution is 6.02. The normalized spacial score (nSPS) is 22.3. The minimum absolute atomic E-state index is 0.134. The SMILES string of the molecule is CC1=CCC(OCCNc2ncc3c(n2)CC(c2ccccc2)C/C3=N\O)C=C1C. The van der Waals surface area contributed by atoms with Crippen LogP contribution in [0.2, 0.25) is 0 Å². The van der Waals surface area contributed by atoms with Gasteiger partial charge in [-0.15, -0.1) is 0 Å². The topological polar surface area (TPSA) is 79.6 Å². The third-order valence-electron chi connectivity index (χ3n) is 5.88. The molecular formula is C24H28N4O2. The Hall–Kier alpha value is -2.99. The number of anilines is 1. The van der Waals surface area contributed by atoms with E-state index in [0.29, 0.717) is 31.2 Å². The number of fused-ring (bicyclic) bond motifs is 1. The molecule has 30 heavy (non-hydrogen) atoms. The molecule has 1 aromatic heterocycles. The van der Waals surface area contributed by atoms with Gasteiger partial charge in [-0.05, 0) is 43.7 Å². The molecule has 2 N–H and O–H groups in total. The summed E-state index contributed by atoms with van der Waals surface area (Å²) >= 11 is 0. The zero-order chi connectivity index (χ0) is 20.9. The molecule has 0 fully saturated rings. The maximum Gasteiger partial charge on any atom is 0.222 e. The molecule has 1 aromatic carbocycles. The number of nitrogens with zero attached hydrogens (tertiary/aromatic N) is 3. The molecule has 6 heteroatoms. The van der Waals surface area contributed by atoms with E-state index >= 15 is 0 Å². The summed E-state index contributed by atoms with van der Waals surface area (Å²) < 4.78 is 5.95. The fourth-order valence-corrected chi connectivity index (χ4v) is 4.03. The first-order chi connectivity index (χ1) is 14.6. The van der Waals surface area contributed by atoms with E-state index in [1.165, 1.54) is 16.7 Å². The number of benzene rings is 1. The summed E-state index contributed by atoms with van der Waals surface area (Å²) in [6.45, 7) is 5.46. The number of ether oxygens (including phenoxy) is 1. The summed E-state index contributed by atoms with van der Waals surface area (Å²) in [4.78, 5) is 9.11. The van der Waals surface area contributed by atoms with Crippen LogP contribution in [0.15, 0.2) is 65.0 Å². The van der Waals surface area contributed by atoms with E-state index in [0.717, 1.165) is 24.1 Å². The maximum atomic E-state index is 9.50. The summed E-state index contributed by atoms with van der Waals surface area (Å²) in [5, 5.41) is 16.3. The predicted molar refractivity (Wildman–Crippen MR) is 118 cm³/mol. The summed E-state index contributed by atoms with van der Waals surface area (Å²) in [7, 11) is 0. The monoisotopic (exact) mass is 404 g/mol. The Kier molecular flexibility index (Phi) is 6.23. The number of allylic oxidation sites excluding steroid dienone is 2. The van der Waals surface area contributed by atoms with Gasteiger partial charge in [-0.1, -0.05) is 53.2 Å². The van der Waals surface area contributed by atoms with Gasteiger partial charge in [-0.3, -0.25) is 0 Å². The molecule has 1 heterocycles. The minimum Gasteiger partial charge on any atom is -0.411 e. The van der Waals surface area contributed by atoms with Gasteiger partial charge in [-0.25, -0.2) is 9.97 Å². The highest BCUT2D eigenvalue weighted by Crippen LogP contribution is 2.32. The van der Waals surface area contributed by atoms with Crippen molar-refractivity contribution in [2.75, 3.05) is 18.5 Å². The molecular weight excluding hydrogens is 376 g/mol. The van der Waals surface area contributed by atoms with Gasteiger partial charge in [0.15, 0.2) is 0 Å². The zero-order valence-corrected chi connectivity index (χ0v) is 17.5. The van der Waals surface area contributed by atoms with Crippen LogP contribution in [0.3, 0.4) is 0 Å². The Morgan fingerprint density at radius 2 is 2.00 bits per heavy atom. The first-order valence-electron chi connectivity index (χ1n) is 10.5. The van der Waals surface area contributed by atoms with Gasteiger partial charge in [0.25, 0.3) is 0 Å². The van der Waals surface area contributed by atoms with E-state index in [2.05, 4.69) is 53.6 Å². The molecule has 6 nitrogen and oxygen atoms in total. The van der Waals surface area contributed by atoms with Crippen molar-refractivity contribution in [1.29, 1.82) is 0 Å². The zero-order valence-electron chi connectivity index (χ0n) is 17.5. The molecule has 0 saturated heterocycles. The minimum atomic E-state index is 0.134. The lowest BCUT2D eigenvalue weighted by Crippen LogP contribution is -2.23. The van der Waals surface area contributed by atoms with Gasteiger partial charge in [0.05, 0.1) is 24.1 Å². The van der Waals surface area contributed by atoms with E-state index in [-0.39, 0.29) is 12.0 Å². The van der Waals surface area contributed by atoms with Crippen LogP contribution in [0.1, 0.15) is 49.4 Å². The van der Waals surface area contributed by atoms with Crippen molar-refractivity contribution in [1.82, 2.24) is 9.97 Å². The number of hydrogen-bond donors (Lipinski definition) is 2. The first kappa shape index (κ1) is 20.3. The standard InChI is InChI=1S/C24H28N4O2/c1-16-8-9-20(12-17(16)2)30-11-10-25-24-26-15-21-22(27-24)13-19(14-23(21)28-29)18-6-4-3-5-7-18/h3-8,12,15,19-20,29H,9-11,13-14H2,1-2H3,(H,25,26,27)/b28-23+. The average Bonchev–Trinajstić information content (AvgIpc) is 2.78. The van der Waals surface area contributed by atoms with Crippen LogP contribution in [0.4, 0.5) is 5.95 Å². The molecule has 2 aliphatic carbocycles. The van der Waals surface area contributed by atoms with Gasteiger partial charge in [0, 0.05) is 24.7 Å². The number of rotatable bonds is 6. The van der Waals surface area contributed by atoms with E-state index in [1.54, 1.807) is 6.20 Å². The number of aromatic nitrogens is 2. The van der Waals surface area contributed by atoms with E-state index in [9.17, 15) is 5.21 Å². The summed E-state index contributed by atoms with van der Waals surface area (Å²) in [5.41, 5.74) is 6.22. The van der Waals surface area contributed by atoms with Crippen molar-refractivity contribution in [2.45, 2.75) is 45.1 Å². The molecule has 0 amide bonds. The molecule has 2 aliphatic rings. The molecule has 0 saturated carbocycles.